The molecule has 0 unspecified atom stereocenters. The fourth-order valence-electron chi connectivity index (χ4n) is 1.97. The van der Waals surface area contributed by atoms with Gasteiger partial charge in [0.25, 0.3) is 0 Å². The molecule has 0 bridgehead atoms. The van der Waals surface area contributed by atoms with Gasteiger partial charge in [-0.1, -0.05) is 25.1 Å². The molecule has 0 spiro atoms. The molecular formula is C14H16NO+. The number of benzene rings is 1. The van der Waals surface area contributed by atoms with Crippen molar-refractivity contribution in [2.45, 2.75) is 26.8 Å². The van der Waals surface area contributed by atoms with E-state index in [-0.39, 0.29) is 5.78 Å². The summed E-state index contributed by atoms with van der Waals surface area (Å²) >= 11 is 0. The van der Waals surface area contributed by atoms with E-state index in [0.29, 0.717) is 6.54 Å². The highest BCUT2D eigenvalue weighted by atomic mass is 16.1. The Morgan fingerprint density at radius 2 is 1.94 bits per heavy atom. The highest BCUT2D eigenvalue weighted by Gasteiger charge is 2.12. The van der Waals surface area contributed by atoms with Crippen molar-refractivity contribution in [2.75, 3.05) is 0 Å². The zero-order valence-corrected chi connectivity index (χ0v) is 9.73. The molecule has 0 aliphatic carbocycles. The van der Waals surface area contributed by atoms with Gasteiger partial charge < -0.3 is 0 Å². The molecule has 0 saturated heterocycles. The molecule has 2 aromatic rings. The average molecular weight is 214 g/mol. The monoisotopic (exact) mass is 214 g/mol. The van der Waals surface area contributed by atoms with Crippen LogP contribution in [0, 0.1) is 0 Å². The van der Waals surface area contributed by atoms with E-state index in [0.717, 1.165) is 6.42 Å². The fraction of sp³-hybridized carbons (Fsp3) is 0.286. The van der Waals surface area contributed by atoms with Gasteiger partial charge in [0.05, 0.1) is 0 Å². The highest BCUT2D eigenvalue weighted by molar-refractivity contribution is 5.81. The quantitative estimate of drug-likeness (QED) is 0.718. The molecule has 0 radical (unpaired) electrons. The number of Topliss-reactive ketones (excluding diaryl/α,β-unsaturated/α-hetero) is 1. The van der Waals surface area contributed by atoms with E-state index in [9.17, 15) is 4.79 Å². The van der Waals surface area contributed by atoms with Gasteiger partial charge in [0.1, 0.15) is 0 Å². The molecule has 0 amide bonds. The summed E-state index contributed by atoms with van der Waals surface area (Å²) in [7, 11) is 0. The molecule has 0 fully saturated rings. The van der Waals surface area contributed by atoms with E-state index < -0.39 is 0 Å². The summed E-state index contributed by atoms with van der Waals surface area (Å²) in [4.78, 5) is 11.2. The minimum Gasteiger partial charge on any atom is -0.293 e. The Kier molecular flexibility index (Phi) is 3.00. The summed E-state index contributed by atoms with van der Waals surface area (Å²) in [6.07, 6.45) is 3.01. The standard InChI is InChI=1S/C14H16NO/c1-3-14-8-12-6-4-5-7-13(12)10-15(14)9-11(2)16/h4-8,10H,3,9H2,1-2H3/q+1. The number of rotatable bonds is 3. The Morgan fingerprint density at radius 1 is 1.25 bits per heavy atom. The summed E-state index contributed by atoms with van der Waals surface area (Å²) in [6.45, 7) is 4.20. The molecule has 0 aliphatic rings. The Balaban J connectivity index is 2.58. The maximum atomic E-state index is 11.2. The summed E-state index contributed by atoms with van der Waals surface area (Å²) in [5, 5.41) is 2.42. The van der Waals surface area contributed by atoms with Crippen molar-refractivity contribution < 1.29 is 9.36 Å². The van der Waals surface area contributed by atoms with Gasteiger partial charge in [-0.15, -0.1) is 0 Å². The molecular weight excluding hydrogens is 198 g/mol. The second-order valence-electron chi connectivity index (χ2n) is 4.08. The molecule has 2 nitrogen and oxygen atoms in total. The zero-order valence-electron chi connectivity index (χ0n) is 9.73. The van der Waals surface area contributed by atoms with E-state index in [4.69, 9.17) is 0 Å². The molecule has 1 aromatic heterocycles. The number of aryl methyl sites for hydroxylation is 1. The van der Waals surface area contributed by atoms with Gasteiger partial charge >= 0.3 is 0 Å². The first kappa shape index (κ1) is 10.8. The number of fused-ring (bicyclic) bond motifs is 1. The maximum absolute atomic E-state index is 11.2. The first-order valence-electron chi connectivity index (χ1n) is 5.61. The Labute approximate surface area is 95.5 Å². The van der Waals surface area contributed by atoms with Crippen LogP contribution in [0.25, 0.3) is 10.8 Å². The lowest BCUT2D eigenvalue weighted by Gasteiger charge is -2.03. The molecule has 1 aromatic carbocycles. The van der Waals surface area contributed by atoms with E-state index >= 15 is 0 Å². The predicted octanol–water partition coefficient (Wildman–Crippen LogP) is 2.28. The summed E-state index contributed by atoms with van der Waals surface area (Å²) < 4.78 is 2.05. The van der Waals surface area contributed by atoms with Crippen LogP contribution in [0.5, 0.6) is 0 Å². The van der Waals surface area contributed by atoms with Crippen LogP contribution >= 0.6 is 0 Å². The molecule has 82 valence electrons. The van der Waals surface area contributed by atoms with Crippen molar-refractivity contribution in [3.63, 3.8) is 0 Å². The SMILES string of the molecule is CCc1cc2ccccc2c[n+]1CC(C)=O. The zero-order chi connectivity index (χ0) is 11.5. The molecule has 0 aliphatic heterocycles. The number of hydrogen-bond donors (Lipinski definition) is 0. The number of nitrogens with zero attached hydrogens (tertiary/aromatic N) is 1. The lowest BCUT2D eigenvalue weighted by atomic mass is 10.1. The van der Waals surface area contributed by atoms with Crippen LogP contribution < -0.4 is 4.57 Å². The van der Waals surface area contributed by atoms with Gasteiger partial charge in [-0.3, -0.25) is 4.79 Å². The van der Waals surface area contributed by atoms with Crippen LogP contribution in [0.3, 0.4) is 0 Å². The Hall–Kier alpha value is -1.70. The van der Waals surface area contributed by atoms with Crippen LogP contribution in [-0.2, 0) is 17.8 Å². The van der Waals surface area contributed by atoms with Crippen molar-refractivity contribution in [3.8, 4) is 0 Å². The molecule has 2 rings (SSSR count). The van der Waals surface area contributed by atoms with Crippen LogP contribution in [-0.4, -0.2) is 5.78 Å². The third-order valence-electron chi connectivity index (χ3n) is 2.74. The number of pyridine rings is 1. The minimum absolute atomic E-state index is 0.190. The third kappa shape index (κ3) is 2.11. The van der Waals surface area contributed by atoms with Gasteiger partial charge in [0.2, 0.25) is 6.54 Å². The van der Waals surface area contributed by atoms with Gasteiger partial charge in [0.15, 0.2) is 17.7 Å². The van der Waals surface area contributed by atoms with Crippen molar-refractivity contribution in [1.82, 2.24) is 0 Å². The number of aromatic nitrogens is 1. The number of hydrogen-bond acceptors (Lipinski definition) is 1. The van der Waals surface area contributed by atoms with Gasteiger partial charge in [0, 0.05) is 24.8 Å². The normalized spacial score (nSPS) is 10.6. The van der Waals surface area contributed by atoms with Gasteiger partial charge in [-0.2, -0.15) is 4.57 Å². The van der Waals surface area contributed by atoms with E-state index in [1.165, 1.54) is 16.5 Å². The van der Waals surface area contributed by atoms with Crippen molar-refractivity contribution in [2.24, 2.45) is 0 Å². The lowest BCUT2D eigenvalue weighted by molar-refractivity contribution is -0.690. The molecule has 2 heteroatoms. The number of ketones is 1. The van der Waals surface area contributed by atoms with Gasteiger partial charge in [-0.25, -0.2) is 0 Å². The molecule has 0 N–H and O–H groups in total. The molecule has 16 heavy (non-hydrogen) atoms. The third-order valence-corrected chi connectivity index (χ3v) is 2.74. The maximum Gasteiger partial charge on any atom is 0.206 e. The largest absolute Gasteiger partial charge is 0.293 e. The smallest absolute Gasteiger partial charge is 0.206 e. The second kappa shape index (κ2) is 4.44. The van der Waals surface area contributed by atoms with Crippen molar-refractivity contribution in [3.05, 3.63) is 42.2 Å². The van der Waals surface area contributed by atoms with E-state index in [2.05, 4.69) is 31.3 Å². The number of carbonyl (C=O) groups is 1. The Morgan fingerprint density at radius 3 is 2.56 bits per heavy atom. The highest BCUT2D eigenvalue weighted by Crippen LogP contribution is 2.12. The first-order chi connectivity index (χ1) is 7.70. The topological polar surface area (TPSA) is 20.9 Å². The van der Waals surface area contributed by atoms with E-state index in [1.807, 2.05) is 16.7 Å². The van der Waals surface area contributed by atoms with Crippen molar-refractivity contribution in [1.29, 1.82) is 0 Å². The Bertz CT molecular complexity index is 531. The van der Waals surface area contributed by atoms with Gasteiger partial charge in [-0.05, 0) is 11.5 Å². The fourth-order valence-corrected chi connectivity index (χ4v) is 1.97. The predicted molar refractivity (Wildman–Crippen MR) is 64.2 cm³/mol. The van der Waals surface area contributed by atoms with Crippen LogP contribution in [0.2, 0.25) is 0 Å². The summed E-state index contributed by atoms with van der Waals surface area (Å²) in [6, 6.07) is 10.4. The molecule has 0 saturated carbocycles. The van der Waals surface area contributed by atoms with Crippen LogP contribution in [0.4, 0.5) is 0 Å². The number of carbonyl (C=O) groups excluding carboxylic acids is 1. The van der Waals surface area contributed by atoms with E-state index in [1.54, 1.807) is 6.92 Å². The second-order valence-corrected chi connectivity index (χ2v) is 4.08. The van der Waals surface area contributed by atoms with Crippen molar-refractivity contribution >= 4 is 16.6 Å². The average Bonchev–Trinajstić information content (AvgIpc) is 2.27. The summed E-state index contributed by atoms with van der Waals surface area (Å²) in [5.41, 5.74) is 1.20. The lowest BCUT2D eigenvalue weighted by Crippen LogP contribution is -2.40. The van der Waals surface area contributed by atoms with Crippen LogP contribution in [0.15, 0.2) is 36.5 Å². The minimum atomic E-state index is 0.190. The first-order valence-corrected chi connectivity index (χ1v) is 5.61. The summed E-state index contributed by atoms with van der Waals surface area (Å²) in [5.74, 6) is 0.190. The molecule has 1 heterocycles. The molecule has 0 atom stereocenters. The van der Waals surface area contributed by atoms with Crippen LogP contribution in [0.1, 0.15) is 19.5 Å².